The van der Waals surface area contributed by atoms with Gasteiger partial charge in [0.15, 0.2) is 0 Å². The number of nitrogens with zero attached hydrogens (tertiary/aromatic N) is 2. The van der Waals surface area contributed by atoms with Crippen molar-refractivity contribution in [1.82, 2.24) is 15.2 Å². The van der Waals surface area contributed by atoms with Crippen LogP contribution in [0.15, 0.2) is 30.3 Å². The van der Waals surface area contributed by atoms with E-state index in [1.165, 1.54) is 11.3 Å². The van der Waals surface area contributed by atoms with Crippen molar-refractivity contribution in [1.29, 1.82) is 0 Å². The molecule has 26 heavy (non-hydrogen) atoms. The molecule has 0 bridgehead atoms. The molecular formula is C20H25N3O2S. The number of aryl methyl sites for hydroxylation is 1. The van der Waals surface area contributed by atoms with Gasteiger partial charge < -0.3 is 10.2 Å². The van der Waals surface area contributed by atoms with E-state index in [9.17, 15) is 9.59 Å². The summed E-state index contributed by atoms with van der Waals surface area (Å²) in [5.74, 6) is 0.398. The van der Waals surface area contributed by atoms with Crippen LogP contribution in [0.25, 0.3) is 0 Å². The van der Waals surface area contributed by atoms with Crippen LogP contribution in [-0.2, 0) is 0 Å². The molecule has 3 rings (SSSR count). The number of likely N-dealkylation sites (tertiary alicyclic amines) is 1. The molecular weight excluding hydrogens is 346 g/mol. The summed E-state index contributed by atoms with van der Waals surface area (Å²) in [5, 5.41) is 3.95. The van der Waals surface area contributed by atoms with E-state index in [1.807, 2.05) is 49.1 Å². The number of aromatic nitrogens is 1. The first kappa shape index (κ1) is 18.6. The maximum atomic E-state index is 12.6. The molecule has 0 radical (unpaired) electrons. The van der Waals surface area contributed by atoms with Crippen molar-refractivity contribution >= 4 is 23.2 Å². The highest BCUT2D eigenvalue weighted by molar-refractivity contribution is 7.13. The maximum absolute atomic E-state index is 12.6. The average Bonchev–Trinajstić information content (AvgIpc) is 3.08. The van der Waals surface area contributed by atoms with Crippen LogP contribution in [0.4, 0.5) is 0 Å². The second kappa shape index (κ2) is 8.45. The van der Waals surface area contributed by atoms with Crippen molar-refractivity contribution < 1.29 is 9.59 Å². The van der Waals surface area contributed by atoms with Crippen molar-refractivity contribution in [3.8, 4) is 0 Å². The second-order valence-electron chi connectivity index (χ2n) is 6.66. The lowest BCUT2D eigenvalue weighted by molar-refractivity contribution is 0.0712. The zero-order chi connectivity index (χ0) is 18.5. The Balaban J connectivity index is 1.62. The van der Waals surface area contributed by atoms with Gasteiger partial charge in [0.05, 0.1) is 10.7 Å². The molecule has 5 nitrogen and oxygen atoms in total. The largest absolute Gasteiger partial charge is 0.351 e. The third kappa shape index (κ3) is 4.12. The number of hydrogen-bond donors (Lipinski definition) is 1. The lowest BCUT2D eigenvalue weighted by Gasteiger charge is -2.31. The number of rotatable bonds is 5. The predicted molar refractivity (Wildman–Crippen MR) is 104 cm³/mol. The van der Waals surface area contributed by atoms with Crippen molar-refractivity contribution in [3.63, 3.8) is 0 Å². The molecule has 2 aromatic rings. The molecule has 6 heteroatoms. The summed E-state index contributed by atoms with van der Waals surface area (Å²) in [6.45, 7) is 6.08. The summed E-state index contributed by atoms with van der Waals surface area (Å²) in [5.41, 5.74) is 1.55. The minimum atomic E-state index is -0.0233. The third-order valence-electron chi connectivity index (χ3n) is 4.71. The standard InChI is InChI=1S/C20H25N3O2S/c1-3-11-21-18(24)17-14(2)22-19(26-17)15-9-12-23(13-10-15)20(25)16-7-5-4-6-8-16/h4-8,15H,3,9-13H2,1-2H3,(H,21,24). The van der Waals surface area contributed by atoms with Crippen LogP contribution in [0.2, 0.25) is 0 Å². The normalized spacial score (nSPS) is 15.1. The molecule has 0 saturated carbocycles. The highest BCUT2D eigenvalue weighted by Gasteiger charge is 2.27. The molecule has 1 fully saturated rings. The van der Waals surface area contributed by atoms with Gasteiger partial charge in [0.25, 0.3) is 11.8 Å². The van der Waals surface area contributed by atoms with E-state index in [4.69, 9.17) is 0 Å². The van der Waals surface area contributed by atoms with E-state index < -0.39 is 0 Å². The van der Waals surface area contributed by atoms with E-state index in [2.05, 4.69) is 10.3 Å². The molecule has 1 saturated heterocycles. The lowest BCUT2D eigenvalue weighted by Crippen LogP contribution is -2.37. The Morgan fingerprint density at radius 2 is 1.92 bits per heavy atom. The van der Waals surface area contributed by atoms with Gasteiger partial charge in [-0.2, -0.15) is 0 Å². The van der Waals surface area contributed by atoms with Crippen LogP contribution >= 0.6 is 11.3 Å². The molecule has 138 valence electrons. The highest BCUT2D eigenvalue weighted by atomic mass is 32.1. The first-order valence-corrected chi connectivity index (χ1v) is 10.0. The fourth-order valence-electron chi connectivity index (χ4n) is 3.21. The van der Waals surface area contributed by atoms with Gasteiger partial charge in [-0.05, 0) is 38.3 Å². The van der Waals surface area contributed by atoms with Gasteiger partial charge in [0.1, 0.15) is 4.88 Å². The number of thiazole rings is 1. The Hall–Kier alpha value is -2.21. The lowest BCUT2D eigenvalue weighted by atomic mass is 9.97. The molecule has 1 N–H and O–H groups in total. The van der Waals surface area contributed by atoms with Gasteiger partial charge in [-0.15, -0.1) is 11.3 Å². The van der Waals surface area contributed by atoms with E-state index in [0.29, 0.717) is 12.5 Å². The Morgan fingerprint density at radius 3 is 2.58 bits per heavy atom. The summed E-state index contributed by atoms with van der Waals surface area (Å²) < 4.78 is 0. The first-order chi connectivity index (χ1) is 12.6. The van der Waals surface area contributed by atoms with Gasteiger partial charge in [-0.1, -0.05) is 25.1 Å². The minimum Gasteiger partial charge on any atom is -0.351 e. The van der Waals surface area contributed by atoms with Crippen molar-refractivity contribution in [2.75, 3.05) is 19.6 Å². The van der Waals surface area contributed by atoms with E-state index >= 15 is 0 Å². The molecule has 0 unspecified atom stereocenters. The molecule has 1 aromatic heterocycles. The fraction of sp³-hybridized carbons (Fsp3) is 0.450. The Labute approximate surface area is 158 Å². The van der Waals surface area contributed by atoms with Gasteiger partial charge in [0.2, 0.25) is 0 Å². The smallest absolute Gasteiger partial charge is 0.263 e. The number of amides is 2. The molecule has 1 aliphatic rings. The molecule has 0 spiro atoms. The highest BCUT2D eigenvalue weighted by Crippen LogP contribution is 2.33. The first-order valence-electron chi connectivity index (χ1n) is 9.20. The van der Waals surface area contributed by atoms with E-state index in [0.717, 1.165) is 53.5 Å². The van der Waals surface area contributed by atoms with Crippen LogP contribution < -0.4 is 5.32 Å². The molecule has 0 atom stereocenters. The number of piperidine rings is 1. The SMILES string of the molecule is CCCNC(=O)c1sc(C2CCN(C(=O)c3ccccc3)CC2)nc1C. The zero-order valence-corrected chi connectivity index (χ0v) is 16.1. The van der Waals surface area contributed by atoms with Crippen LogP contribution in [0.3, 0.4) is 0 Å². The Morgan fingerprint density at radius 1 is 1.23 bits per heavy atom. The Bertz CT molecular complexity index is 765. The zero-order valence-electron chi connectivity index (χ0n) is 15.3. The molecule has 2 amide bonds. The van der Waals surface area contributed by atoms with Crippen molar-refractivity contribution in [2.45, 2.75) is 39.0 Å². The number of carbonyl (C=O) groups excluding carboxylic acids is 2. The maximum Gasteiger partial charge on any atom is 0.263 e. The van der Waals surface area contributed by atoms with Gasteiger partial charge in [0, 0.05) is 31.1 Å². The van der Waals surface area contributed by atoms with Gasteiger partial charge in [-0.25, -0.2) is 4.98 Å². The van der Waals surface area contributed by atoms with Crippen LogP contribution in [0, 0.1) is 6.92 Å². The summed E-state index contributed by atoms with van der Waals surface area (Å²) >= 11 is 1.50. The third-order valence-corrected chi connectivity index (χ3v) is 6.03. The number of carbonyl (C=O) groups is 2. The van der Waals surface area contributed by atoms with Crippen LogP contribution in [-0.4, -0.2) is 41.3 Å². The molecule has 0 aliphatic carbocycles. The number of benzene rings is 1. The topological polar surface area (TPSA) is 62.3 Å². The van der Waals surface area contributed by atoms with E-state index in [-0.39, 0.29) is 11.8 Å². The predicted octanol–water partition coefficient (Wildman–Crippen LogP) is 3.61. The van der Waals surface area contributed by atoms with Crippen molar-refractivity contribution in [3.05, 3.63) is 51.5 Å². The number of hydrogen-bond acceptors (Lipinski definition) is 4. The summed E-state index contributed by atoms with van der Waals surface area (Å²) in [6, 6.07) is 9.43. The number of nitrogens with one attached hydrogen (secondary N) is 1. The van der Waals surface area contributed by atoms with Crippen LogP contribution in [0.5, 0.6) is 0 Å². The monoisotopic (exact) mass is 371 g/mol. The quantitative estimate of drug-likeness (QED) is 0.873. The van der Waals surface area contributed by atoms with E-state index in [1.54, 1.807) is 0 Å². The Kier molecular flexibility index (Phi) is 6.04. The second-order valence-corrected chi connectivity index (χ2v) is 7.69. The minimum absolute atomic E-state index is 0.0233. The van der Waals surface area contributed by atoms with Crippen molar-refractivity contribution in [2.24, 2.45) is 0 Å². The summed E-state index contributed by atoms with van der Waals surface area (Å²) in [4.78, 5) is 32.1. The summed E-state index contributed by atoms with van der Waals surface area (Å²) in [6.07, 6.45) is 2.70. The fourth-order valence-corrected chi connectivity index (χ4v) is 4.37. The molecule has 1 aliphatic heterocycles. The van der Waals surface area contributed by atoms with Crippen LogP contribution in [0.1, 0.15) is 62.8 Å². The molecule has 1 aromatic carbocycles. The average molecular weight is 372 g/mol. The van der Waals surface area contributed by atoms with Gasteiger partial charge in [-0.3, -0.25) is 9.59 Å². The summed E-state index contributed by atoms with van der Waals surface area (Å²) in [7, 11) is 0. The van der Waals surface area contributed by atoms with Gasteiger partial charge >= 0.3 is 0 Å². The molecule has 2 heterocycles.